The smallest absolute Gasteiger partial charge is 0.406 e. The average Bonchev–Trinajstić information content (AvgIpc) is 2.64. The second-order valence-corrected chi connectivity index (χ2v) is 5.88. The third-order valence-electron chi connectivity index (χ3n) is 3.71. The molecule has 0 saturated carbocycles. The predicted molar refractivity (Wildman–Crippen MR) is 101 cm³/mol. The van der Waals surface area contributed by atoms with Crippen molar-refractivity contribution in [3.63, 3.8) is 0 Å². The first kappa shape index (κ1) is 19.4. The molecule has 0 fully saturated rings. The molecular weight excluding hydrogens is 371 g/mol. The molecule has 0 unspecified atom stereocenters. The van der Waals surface area contributed by atoms with Crippen molar-refractivity contribution in [3.8, 4) is 17.0 Å². The van der Waals surface area contributed by atoms with E-state index in [2.05, 4.69) is 30.3 Å². The first-order valence-corrected chi connectivity index (χ1v) is 8.51. The molecule has 0 aliphatic carbocycles. The molecule has 0 atom stereocenters. The fourth-order valence-electron chi connectivity index (χ4n) is 2.52. The van der Waals surface area contributed by atoms with Crippen molar-refractivity contribution >= 4 is 17.5 Å². The number of pyridine rings is 1. The summed E-state index contributed by atoms with van der Waals surface area (Å²) < 4.78 is 41.1. The lowest BCUT2D eigenvalue weighted by Gasteiger charge is -2.14. The lowest BCUT2D eigenvalue weighted by atomic mass is 10.2. The van der Waals surface area contributed by atoms with Crippen molar-refractivity contribution in [2.75, 3.05) is 17.2 Å². The third-order valence-corrected chi connectivity index (χ3v) is 3.71. The maximum Gasteiger partial charge on any atom is 0.573 e. The molecule has 0 amide bonds. The normalized spacial score (nSPS) is 11.2. The van der Waals surface area contributed by atoms with Crippen LogP contribution in [0.2, 0.25) is 0 Å². The zero-order chi connectivity index (χ0) is 20.1. The number of rotatable bonds is 6. The van der Waals surface area contributed by atoms with Crippen LogP contribution >= 0.6 is 0 Å². The van der Waals surface area contributed by atoms with Gasteiger partial charge in [0.15, 0.2) is 0 Å². The zero-order valence-electron chi connectivity index (χ0n) is 15.2. The van der Waals surface area contributed by atoms with Crippen molar-refractivity contribution < 1.29 is 17.9 Å². The number of hydrogen-bond donors (Lipinski definition) is 2. The minimum atomic E-state index is -4.73. The van der Waals surface area contributed by atoms with Gasteiger partial charge in [-0.05, 0) is 49.7 Å². The summed E-state index contributed by atoms with van der Waals surface area (Å²) in [6.45, 7) is 4.25. The summed E-state index contributed by atoms with van der Waals surface area (Å²) in [5.41, 5.74) is 2.66. The number of nitrogens with one attached hydrogen (secondary N) is 2. The van der Waals surface area contributed by atoms with Gasteiger partial charge in [-0.1, -0.05) is 0 Å². The quantitative estimate of drug-likeness (QED) is 0.623. The summed E-state index contributed by atoms with van der Waals surface area (Å²) >= 11 is 0. The van der Waals surface area contributed by atoms with E-state index in [0.29, 0.717) is 35.3 Å². The number of alkyl halides is 3. The van der Waals surface area contributed by atoms with Gasteiger partial charge < -0.3 is 15.4 Å². The monoisotopic (exact) mass is 389 g/mol. The van der Waals surface area contributed by atoms with Gasteiger partial charge in [-0.25, -0.2) is 4.98 Å². The van der Waals surface area contributed by atoms with E-state index in [1.165, 1.54) is 18.2 Å². The van der Waals surface area contributed by atoms with Crippen LogP contribution in [0.1, 0.15) is 12.5 Å². The number of aryl methyl sites for hydroxylation is 1. The van der Waals surface area contributed by atoms with Crippen LogP contribution in [-0.4, -0.2) is 27.9 Å². The number of benzene rings is 1. The van der Waals surface area contributed by atoms with E-state index in [0.717, 1.165) is 5.56 Å². The third kappa shape index (κ3) is 5.09. The Morgan fingerprint density at radius 2 is 1.93 bits per heavy atom. The molecule has 0 saturated heterocycles. The molecule has 6 nitrogen and oxygen atoms in total. The highest BCUT2D eigenvalue weighted by molar-refractivity contribution is 5.68. The molecule has 146 valence electrons. The second-order valence-electron chi connectivity index (χ2n) is 5.88. The lowest BCUT2D eigenvalue weighted by molar-refractivity contribution is -0.274. The lowest BCUT2D eigenvalue weighted by Crippen LogP contribution is -2.17. The van der Waals surface area contributed by atoms with Crippen molar-refractivity contribution in [1.29, 1.82) is 0 Å². The van der Waals surface area contributed by atoms with Crippen LogP contribution in [0.3, 0.4) is 0 Å². The highest BCUT2D eigenvalue weighted by Crippen LogP contribution is 2.29. The fourth-order valence-corrected chi connectivity index (χ4v) is 2.52. The number of hydrogen-bond acceptors (Lipinski definition) is 6. The maximum absolute atomic E-state index is 12.4. The first-order chi connectivity index (χ1) is 13.3. The first-order valence-electron chi connectivity index (χ1n) is 8.51. The average molecular weight is 389 g/mol. The largest absolute Gasteiger partial charge is 0.573 e. The molecule has 0 spiro atoms. The Balaban J connectivity index is 1.90. The number of aromatic nitrogens is 3. The van der Waals surface area contributed by atoms with Crippen molar-refractivity contribution in [2.45, 2.75) is 20.2 Å². The molecule has 2 heterocycles. The number of ether oxygens (including phenoxy) is 1. The van der Waals surface area contributed by atoms with E-state index in [1.54, 1.807) is 31.5 Å². The van der Waals surface area contributed by atoms with Gasteiger partial charge in [0, 0.05) is 36.3 Å². The topological polar surface area (TPSA) is 72.0 Å². The molecule has 9 heteroatoms. The Morgan fingerprint density at radius 3 is 2.57 bits per heavy atom. The highest BCUT2D eigenvalue weighted by Gasteiger charge is 2.31. The van der Waals surface area contributed by atoms with Crippen LogP contribution in [0.15, 0.2) is 48.8 Å². The number of nitrogens with zero attached hydrogens (tertiary/aromatic N) is 3. The summed E-state index contributed by atoms with van der Waals surface area (Å²) in [5, 5.41) is 6.19. The minimum Gasteiger partial charge on any atom is -0.406 e. The zero-order valence-corrected chi connectivity index (χ0v) is 15.2. The van der Waals surface area contributed by atoms with Gasteiger partial charge in [-0.2, -0.15) is 4.98 Å². The molecule has 0 radical (unpaired) electrons. The summed E-state index contributed by atoms with van der Waals surface area (Å²) in [7, 11) is 0. The number of halogens is 3. The van der Waals surface area contributed by atoms with Gasteiger partial charge in [0.2, 0.25) is 5.95 Å². The van der Waals surface area contributed by atoms with E-state index in [9.17, 15) is 13.2 Å². The molecule has 0 bridgehead atoms. The SMILES string of the molecule is CCNc1nc(Nc2ccc(OC(F)(F)F)cc2C)cc(-c2cccnc2)n1. The summed E-state index contributed by atoms with van der Waals surface area (Å²) in [5.74, 6) is 0.654. The van der Waals surface area contributed by atoms with Crippen molar-refractivity contribution in [3.05, 3.63) is 54.4 Å². The van der Waals surface area contributed by atoms with Crippen molar-refractivity contribution in [2.24, 2.45) is 0 Å². The Morgan fingerprint density at radius 1 is 1.11 bits per heavy atom. The molecular formula is C19H18F3N5O. The Kier molecular flexibility index (Phi) is 5.62. The van der Waals surface area contributed by atoms with Gasteiger partial charge >= 0.3 is 6.36 Å². The van der Waals surface area contributed by atoms with Crippen LogP contribution in [0.4, 0.5) is 30.6 Å². The standard InChI is InChI=1S/C19H18F3N5O/c1-3-24-18-26-16(13-5-4-8-23-11-13)10-17(27-18)25-15-7-6-14(9-12(15)2)28-19(20,21)22/h4-11H,3H2,1-2H3,(H2,24,25,26,27). The van der Waals surface area contributed by atoms with Crippen LogP contribution in [0.25, 0.3) is 11.3 Å². The summed E-state index contributed by atoms with van der Waals surface area (Å²) in [6.07, 6.45) is -1.37. The molecule has 28 heavy (non-hydrogen) atoms. The Bertz CT molecular complexity index is 948. The van der Waals surface area contributed by atoms with Crippen molar-refractivity contribution in [1.82, 2.24) is 15.0 Å². The van der Waals surface area contributed by atoms with Crippen LogP contribution in [0, 0.1) is 6.92 Å². The molecule has 2 N–H and O–H groups in total. The van der Waals surface area contributed by atoms with Crippen LogP contribution in [-0.2, 0) is 0 Å². The second kappa shape index (κ2) is 8.12. The van der Waals surface area contributed by atoms with E-state index >= 15 is 0 Å². The maximum atomic E-state index is 12.4. The molecule has 3 aromatic rings. The molecule has 0 aliphatic rings. The van der Waals surface area contributed by atoms with Gasteiger partial charge in [-0.3, -0.25) is 4.98 Å². The van der Waals surface area contributed by atoms with Gasteiger partial charge in [-0.15, -0.1) is 13.2 Å². The van der Waals surface area contributed by atoms with Crippen LogP contribution in [0.5, 0.6) is 5.75 Å². The minimum absolute atomic E-state index is 0.275. The van der Waals surface area contributed by atoms with E-state index < -0.39 is 6.36 Å². The van der Waals surface area contributed by atoms with Gasteiger partial charge in [0.1, 0.15) is 11.6 Å². The summed E-state index contributed by atoms with van der Waals surface area (Å²) in [6, 6.07) is 9.50. The van der Waals surface area contributed by atoms with E-state index in [4.69, 9.17) is 0 Å². The Labute approximate surface area is 159 Å². The van der Waals surface area contributed by atoms with Gasteiger partial charge in [0.05, 0.1) is 5.69 Å². The number of anilines is 3. The van der Waals surface area contributed by atoms with Gasteiger partial charge in [0.25, 0.3) is 0 Å². The highest BCUT2D eigenvalue weighted by atomic mass is 19.4. The molecule has 1 aromatic carbocycles. The fraction of sp³-hybridized carbons (Fsp3) is 0.211. The molecule has 0 aliphatic heterocycles. The van der Waals surface area contributed by atoms with Crippen LogP contribution < -0.4 is 15.4 Å². The predicted octanol–water partition coefficient (Wildman–Crippen LogP) is 4.92. The van der Waals surface area contributed by atoms with E-state index in [-0.39, 0.29) is 5.75 Å². The van der Waals surface area contributed by atoms with E-state index in [1.807, 2.05) is 13.0 Å². The summed E-state index contributed by atoms with van der Waals surface area (Å²) in [4.78, 5) is 13.0. The molecule has 2 aromatic heterocycles. The molecule has 3 rings (SSSR count). The Hall–Kier alpha value is -3.36.